The standard InChI is InChI=1S/C10H19N3O4S/c1-17-10(14)12-18(15,16)13-5-7-3-2-4-9(11)8(7)6-13/h7-9H,2-6,11H2,1H3,(H,12,14). The molecule has 0 aromatic heterocycles. The monoisotopic (exact) mass is 277 g/mol. The fourth-order valence-corrected chi connectivity index (χ4v) is 4.06. The second-order valence-electron chi connectivity index (χ2n) is 4.93. The number of hydrogen-bond acceptors (Lipinski definition) is 5. The topological polar surface area (TPSA) is 102 Å². The maximum atomic E-state index is 11.9. The molecule has 0 aromatic rings. The van der Waals surface area contributed by atoms with E-state index in [9.17, 15) is 13.2 Å². The molecule has 2 aliphatic rings. The number of nitrogens with zero attached hydrogens (tertiary/aromatic N) is 1. The summed E-state index contributed by atoms with van der Waals surface area (Å²) in [6.07, 6.45) is 2.03. The van der Waals surface area contributed by atoms with E-state index in [-0.39, 0.29) is 12.0 Å². The van der Waals surface area contributed by atoms with Crippen molar-refractivity contribution in [2.75, 3.05) is 20.2 Å². The van der Waals surface area contributed by atoms with Crippen LogP contribution < -0.4 is 10.5 Å². The first-order valence-electron chi connectivity index (χ1n) is 6.05. The zero-order valence-corrected chi connectivity index (χ0v) is 11.1. The molecule has 1 amide bonds. The molecular formula is C10H19N3O4S. The van der Waals surface area contributed by atoms with Gasteiger partial charge in [-0.15, -0.1) is 0 Å². The molecule has 1 aliphatic carbocycles. The van der Waals surface area contributed by atoms with E-state index < -0.39 is 16.3 Å². The molecule has 0 radical (unpaired) electrons. The van der Waals surface area contributed by atoms with Crippen LogP contribution in [-0.4, -0.2) is 45.1 Å². The van der Waals surface area contributed by atoms with Crippen LogP contribution in [0.2, 0.25) is 0 Å². The van der Waals surface area contributed by atoms with Crippen LogP contribution in [0.1, 0.15) is 19.3 Å². The van der Waals surface area contributed by atoms with E-state index in [4.69, 9.17) is 5.73 Å². The van der Waals surface area contributed by atoms with Gasteiger partial charge in [0.15, 0.2) is 0 Å². The molecule has 8 heteroatoms. The summed E-state index contributed by atoms with van der Waals surface area (Å²) in [5.74, 6) is 0.510. The summed E-state index contributed by atoms with van der Waals surface area (Å²) in [4.78, 5) is 11.0. The van der Waals surface area contributed by atoms with Crippen molar-refractivity contribution in [2.45, 2.75) is 25.3 Å². The van der Waals surface area contributed by atoms with Gasteiger partial charge in [0.1, 0.15) is 0 Å². The SMILES string of the molecule is COC(=O)NS(=O)(=O)N1CC2CCCC(N)C2C1. The average molecular weight is 277 g/mol. The van der Waals surface area contributed by atoms with Crippen LogP contribution in [0.3, 0.4) is 0 Å². The molecule has 2 rings (SSSR count). The molecule has 104 valence electrons. The lowest BCUT2D eigenvalue weighted by molar-refractivity contribution is 0.177. The third-order valence-electron chi connectivity index (χ3n) is 3.86. The van der Waals surface area contributed by atoms with Gasteiger partial charge in [0, 0.05) is 19.1 Å². The van der Waals surface area contributed by atoms with E-state index in [1.165, 1.54) is 4.31 Å². The molecule has 0 aromatic carbocycles. The van der Waals surface area contributed by atoms with Crippen molar-refractivity contribution >= 4 is 16.3 Å². The van der Waals surface area contributed by atoms with Crippen molar-refractivity contribution in [1.29, 1.82) is 0 Å². The second-order valence-corrected chi connectivity index (χ2v) is 6.61. The fraction of sp³-hybridized carbons (Fsp3) is 0.900. The maximum absolute atomic E-state index is 11.9. The summed E-state index contributed by atoms with van der Waals surface area (Å²) in [6.45, 7) is 0.822. The minimum atomic E-state index is -3.80. The highest BCUT2D eigenvalue weighted by Gasteiger charge is 2.43. The number of nitrogens with two attached hydrogens (primary N) is 1. The number of amides is 1. The Kier molecular flexibility index (Phi) is 3.79. The van der Waals surface area contributed by atoms with E-state index in [0.717, 1.165) is 26.4 Å². The third kappa shape index (κ3) is 2.60. The van der Waals surface area contributed by atoms with Crippen LogP contribution in [0.25, 0.3) is 0 Å². The molecule has 18 heavy (non-hydrogen) atoms. The lowest BCUT2D eigenvalue weighted by Gasteiger charge is -2.29. The Bertz CT molecular complexity index is 425. The largest absolute Gasteiger partial charge is 0.452 e. The Hall–Kier alpha value is -0.860. The van der Waals surface area contributed by atoms with Crippen LogP contribution in [0, 0.1) is 11.8 Å². The number of carbonyl (C=O) groups excluding carboxylic acids is 1. The molecule has 3 atom stereocenters. The van der Waals surface area contributed by atoms with Gasteiger partial charge in [0.2, 0.25) is 0 Å². The molecule has 2 fully saturated rings. The van der Waals surface area contributed by atoms with Crippen molar-refractivity contribution < 1.29 is 17.9 Å². The lowest BCUT2D eigenvalue weighted by Crippen LogP contribution is -2.43. The minimum absolute atomic E-state index is 0.0575. The Balaban J connectivity index is 2.05. The first-order chi connectivity index (χ1) is 8.44. The number of nitrogens with one attached hydrogen (secondary N) is 1. The van der Waals surface area contributed by atoms with E-state index in [2.05, 4.69) is 4.74 Å². The predicted molar refractivity (Wildman–Crippen MR) is 64.8 cm³/mol. The first-order valence-corrected chi connectivity index (χ1v) is 7.49. The average Bonchev–Trinajstić information content (AvgIpc) is 2.74. The Labute approximate surface area is 107 Å². The van der Waals surface area contributed by atoms with Crippen LogP contribution in [-0.2, 0) is 14.9 Å². The molecule has 0 bridgehead atoms. The van der Waals surface area contributed by atoms with Crippen LogP contribution in [0.15, 0.2) is 0 Å². The lowest BCUT2D eigenvalue weighted by atomic mass is 9.78. The van der Waals surface area contributed by atoms with Gasteiger partial charge in [-0.3, -0.25) is 0 Å². The van der Waals surface area contributed by atoms with Crippen LogP contribution in [0.4, 0.5) is 4.79 Å². The van der Waals surface area contributed by atoms with Crippen molar-refractivity contribution in [2.24, 2.45) is 17.6 Å². The molecule has 0 spiro atoms. The summed E-state index contributed by atoms with van der Waals surface area (Å²) in [5.41, 5.74) is 6.02. The van der Waals surface area contributed by atoms with E-state index in [0.29, 0.717) is 19.0 Å². The quantitative estimate of drug-likeness (QED) is 0.718. The van der Waals surface area contributed by atoms with Gasteiger partial charge >= 0.3 is 16.3 Å². The van der Waals surface area contributed by atoms with Crippen molar-refractivity contribution in [3.63, 3.8) is 0 Å². The molecule has 1 saturated heterocycles. The van der Waals surface area contributed by atoms with Gasteiger partial charge in [-0.1, -0.05) is 6.42 Å². The summed E-state index contributed by atoms with van der Waals surface area (Å²) in [7, 11) is -2.67. The molecule has 7 nitrogen and oxygen atoms in total. The number of rotatable bonds is 2. The van der Waals surface area contributed by atoms with Gasteiger partial charge in [-0.25, -0.2) is 9.52 Å². The number of fused-ring (bicyclic) bond motifs is 1. The van der Waals surface area contributed by atoms with E-state index in [1.807, 2.05) is 4.72 Å². The Morgan fingerprint density at radius 3 is 2.72 bits per heavy atom. The summed E-state index contributed by atoms with van der Waals surface area (Å²) in [6, 6.07) is 0.0575. The molecular weight excluding hydrogens is 258 g/mol. The van der Waals surface area contributed by atoms with Crippen LogP contribution in [0.5, 0.6) is 0 Å². The second kappa shape index (κ2) is 5.02. The van der Waals surface area contributed by atoms with Gasteiger partial charge < -0.3 is 10.5 Å². The summed E-state index contributed by atoms with van der Waals surface area (Å²) in [5, 5.41) is 0. The zero-order chi connectivity index (χ0) is 13.3. The number of hydrogen-bond donors (Lipinski definition) is 2. The van der Waals surface area contributed by atoms with Crippen molar-refractivity contribution in [3.8, 4) is 0 Å². The molecule has 1 saturated carbocycles. The Morgan fingerprint density at radius 1 is 1.39 bits per heavy atom. The van der Waals surface area contributed by atoms with Gasteiger partial charge in [-0.2, -0.15) is 12.7 Å². The van der Waals surface area contributed by atoms with E-state index >= 15 is 0 Å². The summed E-state index contributed by atoms with van der Waals surface area (Å²) < 4.78 is 31.3. The van der Waals surface area contributed by atoms with Gasteiger partial charge in [0.05, 0.1) is 7.11 Å². The third-order valence-corrected chi connectivity index (χ3v) is 5.26. The number of methoxy groups -OCH3 is 1. The van der Waals surface area contributed by atoms with Gasteiger partial charge in [-0.05, 0) is 24.7 Å². The van der Waals surface area contributed by atoms with Gasteiger partial charge in [0.25, 0.3) is 0 Å². The zero-order valence-electron chi connectivity index (χ0n) is 10.3. The molecule has 3 unspecified atom stereocenters. The molecule has 3 N–H and O–H groups in total. The van der Waals surface area contributed by atoms with E-state index in [1.54, 1.807) is 0 Å². The molecule has 1 aliphatic heterocycles. The maximum Gasteiger partial charge on any atom is 0.421 e. The fourth-order valence-electron chi connectivity index (χ4n) is 2.88. The normalized spacial score (nSPS) is 32.9. The number of carbonyl (C=O) groups is 1. The van der Waals surface area contributed by atoms with Crippen LogP contribution >= 0.6 is 0 Å². The smallest absolute Gasteiger partial charge is 0.421 e. The Morgan fingerprint density at radius 2 is 2.11 bits per heavy atom. The number of ether oxygens (including phenoxy) is 1. The predicted octanol–water partition coefficient (Wildman–Crippen LogP) is -0.354. The highest BCUT2D eigenvalue weighted by atomic mass is 32.2. The highest BCUT2D eigenvalue weighted by molar-refractivity contribution is 7.87. The minimum Gasteiger partial charge on any atom is -0.452 e. The van der Waals surface area contributed by atoms with Crippen molar-refractivity contribution in [3.05, 3.63) is 0 Å². The first kappa shape index (κ1) is 13.6. The highest BCUT2D eigenvalue weighted by Crippen LogP contribution is 2.36. The summed E-state index contributed by atoms with van der Waals surface area (Å²) >= 11 is 0. The molecule has 1 heterocycles. The van der Waals surface area contributed by atoms with Crippen molar-refractivity contribution in [1.82, 2.24) is 9.03 Å².